The molecule has 3 heterocycles. The van der Waals surface area contributed by atoms with E-state index >= 15 is 0 Å². The van der Waals surface area contributed by atoms with Gasteiger partial charge in [-0.25, -0.2) is 0 Å². The third-order valence-corrected chi connectivity index (χ3v) is 3.93. The Balaban J connectivity index is 1.53. The van der Waals surface area contributed by atoms with Gasteiger partial charge in [-0.3, -0.25) is 14.6 Å². The summed E-state index contributed by atoms with van der Waals surface area (Å²) in [5.41, 5.74) is -0.375. The highest BCUT2D eigenvalue weighted by Gasteiger charge is 2.27. The van der Waals surface area contributed by atoms with Gasteiger partial charge in [0, 0.05) is 51.4 Å². The third kappa shape index (κ3) is 2.80. The Morgan fingerprint density at radius 2 is 2.05 bits per heavy atom. The predicted molar refractivity (Wildman–Crippen MR) is 70.2 cm³/mol. The molecule has 0 bridgehead atoms. The first-order valence-electron chi connectivity index (χ1n) is 6.70. The van der Waals surface area contributed by atoms with Gasteiger partial charge in [-0.15, -0.1) is 0 Å². The van der Waals surface area contributed by atoms with Gasteiger partial charge in [-0.05, 0) is 0 Å². The molecule has 2 N–H and O–H groups in total. The topological polar surface area (TPSA) is 69.0 Å². The van der Waals surface area contributed by atoms with Crippen LogP contribution in [-0.4, -0.2) is 60.2 Å². The quantitative estimate of drug-likeness (QED) is 0.763. The second-order valence-electron chi connectivity index (χ2n) is 5.22. The van der Waals surface area contributed by atoms with E-state index in [1.54, 1.807) is 0 Å². The highest BCUT2D eigenvalue weighted by molar-refractivity contribution is 5.15. The Bertz CT molecular complexity index is 490. The standard InChI is InChI=1S/C13H19N3O3/c17-12-5-11(19-9-13(12)18)8-15-1-3-16(4-2-15)10-6-14-7-10/h5,9-10,14,18H,1-4,6-8H2. The number of aromatic hydroxyl groups is 1. The molecule has 0 aliphatic carbocycles. The first-order valence-corrected chi connectivity index (χ1v) is 6.70. The smallest absolute Gasteiger partial charge is 0.226 e. The van der Waals surface area contributed by atoms with Crippen LogP contribution in [0.2, 0.25) is 0 Å². The first kappa shape index (κ1) is 12.7. The molecular weight excluding hydrogens is 246 g/mol. The summed E-state index contributed by atoms with van der Waals surface area (Å²) < 4.78 is 5.23. The lowest BCUT2D eigenvalue weighted by Gasteiger charge is -2.43. The van der Waals surface area contributed by atoms with Gasteiger partial charge < -0.3 is 14.8 Å². The highest BCUT2D eigenvalue weighted by atomic mass is 16.4. The minimum absolute atomic E-state index is 0.328. The molecule has 2 saturated heterocycles. The van der Waals surface area contributed by atoms with Crippen molar-refractivity contribution < 1.29 is 9.52 Å². The van der Waals surface area contributed by atoms with Crippen LogP contribution in [0, 0.1) is 0 Å². The second-order valence-corrected chi connectivity index (χ2v) is 5.22. The van der Waals surface area contributed by atoms with Gasteiger partial charge >= 0.3 is 0 Å². The Labute approximate surface area is 111 Å². The van der Waals surface area contributed by atoms with E-state index in [9.17, 15) is 4.79 Å². The van der Waals surface area contributed by atoms with E-state index < -0.39 is 0 Å². The van der Waals surface area contributed by atoms with Crippen LogP contribution in [0.4, 0.5) is 0 Å². The van der Waals surface area contributed by atoms with Crippen LogP contribution >= 0.6 is 0 Å². The monoisotopic (exact) mass is 265 g/mol. The maximum Gasteiger partial charge on any atom is 0.226 e. The number of nitrogens with zero attached hydrogens (tertiary/aromatic N) is 2. The first-order chi connectivity index (χ1) is 9.22. The second kappa shape index (κ2) is 5.32. The molecule has 2 aliphatic rings. The summed E-state index contributed by atoms with van der Waals surface area (Å²) in [6.07, 6.45) is 1.12. The molecule has 2 aliphatic heterocycles. The summed E-state index contributed by atoms with van der Waals surface area (Å²) in [6.45, 7) is 6.94. The average molecular weight is 265 g/mol. The Morgan fingerprint density at radius 1 is 1.32 bits per heavy atom. The van der Waals surface area contributed by atoms with Crippen LogP contribution < -0.4 is 10.7 Å². The van der Waals surface area contributed by atoms with E-state index in [4.69, 9.17) is 9.52 Å². The van der Waals surface area contributed by atoms with Gasteiger partial charge in [0.1, 0.15) is 12.0 Å². The van der Waals surface area contributed by atoms with Crippen molar-refractivity contribution in [3.63, 3.8) is 0 Å². The molecule has 19 heavy (non-hydrogen) atoms. The summed E-state index contributed by atoms with van der Waals surface area (Å²) >= 11 is 0. The van der Waals surface area contributed by atoms with Crippen molar-refractivity contribution in [1.29, 1.82) is 0 Å². The number of hydrogen-bond donors (Lipinski definition) is 2. The van der Waals surface area contributed by atoms with Gasteiger partial charge in [0.25, 0.3) is 0 Å². The van der Waals surface area contributed by atoms with E-state index in [-0.39, 0.29) is 11.2 Å². The maximum atomic E-state index is 11.3. The van der Waals surface area contributed by atoms with Crippen molar-refractivity contribution in [2.45, 2.75) is 12.6 Å². The van der Waals surface area contributed by atoms with Crippen LogP contribution in [0.15, 0.2) is 21.5 Å². The molecule has 0 atom stereocenters. The fraction of sp³-hybridized carbons (Fsp3) is 0.615. The van der Waals surface area contributed by atoms with E-state index in [0.717, 1.165) is 45.5 Å². The van der Waals surface area contributed by atoms with Crippen LogP contribution in [0.25, 0.3) is 0 Å². The van der Waals surface area contributed by atoms with E-state index in [1.165, 1.54) is 6.07 Å². The Hall–Kier alpha value is -1.37. The van der Waals surface area contributed by atoms with Gasteiger partial charge in [-0.2, -0.15) is 0 Å². The van der Waals surface area contributed by atoms with Crippen LogP contribution in [0.3, 0.4) is 0 Å². The molecule has 3 rings (SSSR count). The zero-order valence-electron chi connectivity index (χ0n) is 10.8. The van der Waals surface area contributed by atoms with E-state index in [1.807, 2.05) is 0 Å². The van der Waals surface area contributed by atoms with Crippen molar-refractivity contribution in [2.75, 3.05) is 39.3 Å². The summed E-state index contributed by atoms with van der Waals surface area (Å²) in [5, 5.41) is 12.4. The summed E-state index contributed by atoms with van der Waals surface area (Å²) in [4.78, 5) is 16.1. The van der Waals surface area contributed by atoms with E-state index in [0.29, 0.717) is 18.3 Å². The van der Waals surface area contributed by atoms with E-state index in [2.05, 4.69) is 15.1 Å². The number of piperazine rings is 1. The lowest BCUT2D eigenvalue weighted by atomic mass is 10.1. The van der Waals surface area contributed by atoms with Gasteiger partial charge in [0.15, 0.2) is 5.75 Å². The van der Waals surface area contributed by atoms with Crippen molar-refractivity contribution in [2.24, 2.45) is 0 Å². The molecule has 0 amide bonds. The minimum atomic E-state index is -0.375. The van der Waals surface area contributed by atoms with Crippen molar-refractivity contribution >= 4 is 0 Å². The van der Waals surface area contributed by atoms with Crippen molar-refractivity contribution in [1.82, 2.24) is 15.1 Å². The zero-order valence-corrected chi connectivity index (χ0v) is 10.8. The van der Waals surface area contributed by atoms with Crippen LogP contribution in [-0.2, 0) is 6.54 Å². The Kier molecular flexibility index (Phi) is 3.54. The molecule has 0 unspecified atom stereocenters. The molecular formula is C13H19N3O3. The molecule has 1 aromatic heterocycles. The Morgan fingerprint density at radius 3 is 2.63 bits per heavy atom. The fourth-order valence-corrected chi connectivity index (χ4v) is 2.57. The molecule has 0 saturated carbocycles. The third-order valence-electron chi connectivity index (χ3n) is 3.93. The molecule has 0 radical (unpaired) electrons. The SMILES string of the molecule is O=c1cc(CN2CCN(C3CNC3)CC2)occ1O. The molecule has 0 aromatic carbocycles. The molecule has 6 nitrogen and oxygen atoms in total. The zero-order chi connectivity index (χ0) is 13.2. The lowest BCUT2D eigenvalue weighted by molar-refractivity contribution is 0.0661. The molecule has 0 spiro atoms. The van der Waals surface area contributed by atoms with Crippen LogP contribution in [0.5, 0.6) is 5.75 Å². The molecule has 1 aromatic rings. The van der Waals surface area contributed by atoms with Crippen molar-refractivity contribution in [3.05, 3.63) is 28.3 Å². The average Bonchev–Trinajstić information content (AvgIpc) is 2.34. The van der Waals surface area contributed by atoms with Gasteiger partial charge in [0.2, 0.25) is 5.43 Å². The minimum Gasteiger partial charge on any atom is -0.502 e. The number of hydrogen-bond acceptors (Lipinski definition) is 6. The van der Waals surface area contributed by atoms with Crippen LogP contribution in [0.1, 0.15) is 5.76 Å². The summed E-state index contributed by atoms with van der Waals surface area (Å²) in [5.74, 6) is 0.285. The van der Waals surface area contributed by atoms with Gasteiger partial charge in [-0.1, -0.05) is 0 Å². The molecule has 6 heteroatoms. The lowest BCUT2D eigenvalue weighted by Crippen LogP contribution is -2.61. The van der Waals surface area contributed by atoms with Crippen molar-refractivity contribution in [3.8, 4) is 5.75 Å². The number of nitrogens with one attached hydrogen (secondary N) is 1. The van der Waals surface area contributed by atoms with Gasteiger partial charge in [0.05, 0.1) is 6.54 Å². The predicted octanol–water partition coefficient (Wildman–Crippen LogP) is -0.565. The fourth-order valence-electron chi connectivity index (χ4n) is 2.57. The normalized spacial score (nSPS) is 22.3. The highest BCUT2D eigenvalue weighted by Crippen LogP contribution is 2.12. The molecule has 104 valence electrons. The maximum absolute atomic E-state index is 11.3. The summed E-state index contributed by atoms with van der Waals surface area (Å²) in [7, 11) is 0. The number of rotatable bonds is 3. The largest absolute Gasteiger partial charge is 0.502 e. The summed E-state index contributed by atoms with van der Waals surface area (Å²) in [6, 6.07) is 2.08. The molecule has 2 fully saturated rings.